The number of nitrogens with zero attached hydrogens (tertiary/aromatic N) is 4. The number of allylic oxidation sites excluding steroid dienone is 23. The predicted molar refractivity (Wildman–Crippen MR) is 359 cm³/mol. The summed E-state index contributed by atoms with van der Waals surface area (Å²) in [5, 5.41) is 10.2. The number of carbonyl (C=O) groups excluding carboxylic acids is 1. The minimum Gasteiger partial charge on any atom is -0.674 e. The molecule has 10 rings (SSSR count). The molecule has 7 heteroatoms. The normalized spacial score (nSPS) is 20.5. The third kappa shape index (κ3) is 15.1. The molecule has 4 aromatic carbocycles. The van der Waals surface area contributed by atoms with E-state index in [-0.39, 0.29) is 36.8 Å². The average Bonchev–Trinajstić information content (AvgIpc) is 2.28. The van der Waals surface area contributed by atoms with Crippen LogP contribution < -0.4 is 26.0 Å². The van der Waals surface area contributed by atoms with Gasteiger partial charge in [-0.1, -0.05) is 259 Å². The van der Waals surface area contributed by atoms with Gasteiger partial charge in [-0.2, -0.15) is 0 Å². The molecule has 1 unspecified atom stereocenters. The Kier molecular flexibility index (Phi) is 20.0. The van der Waals surface area contributed by atoms with E-state index in [1.807, 2.05) is 48.5 Å². The quantitative estimate of drug-likeness (QED) is 0.0821. The monoisotopic (exact) mass is 1170 g/mol. The molecule has 0 spiro atoms. The molecule has 0 saturated heterocycles. The standard InChI is InChI=1S/C79H77N5O.Zn/c1-52(16-11-12-17-53(2)19-14-21-55(4)28-42-66-58(7)22-15-51-79(66,9)10)18-13-20-54(3)23-29-60-30-36-64(37-31-60)78(85)80-65-40-38-63(39-41-65)77-73-49-47-71(83-73)75(61-32-24-56(5)25-33-61)69-45-43-67(81-69)59(8)68-44-46-70(82-68)76(72-48-50-74(77)84-72)62-34-26-57(6)27-35-62;/h11-14,16-21,23-50,73H,15,22,51H2,1-10H3,(H2-2,80,81,82,83,84,85);/q-2;/p-1/b12-11+,18-13+,19-14+,29-23+,42-28+,52-16+,53-17+,54-20+,55-21+;. The summed E-state index contributed by atoms with van der Waals surface area (Å²) >= 11 is 0. The number of rotatable bonds is 15. The molecule has 1 aliphatic carbocycles. The fraction of sp³-hybridized carbons (Fsp3) is 0.190. The largest absolute Gasteiger partial charge is 0.674 e. The van der Waals surface area contributed by atoms with Crippen LogP contribution in [0.3, 0.4) is 0 Å². The number of aryl methyl sites for hydroxylation is 2. The summed E-state index contributed by atoms with van der Waals surface area (Å²) in [6.45, 7) is 21.8. The molecular formula is C79H76N5OZn-3. The zero-order valence-corrected chi connectivity index (χ0v) is 54.5. The second-order valence-electron chi connectivity index (χ2n) is 23.5. The first-order chi connectivity index (χ1) is 41.0. The number of amides is 1. The predicted octanol–water partition coefficient (Wildman–Crippen LogP) is 17.9. The van der Waals surface area contributed by atoms with Crippen molar-refractivity contribution in [2.75, 3.05) is 5.32 Å². The summed E-state index contributed by atoms with van der Waals surface area (Å²) in [4.78, 5) is 29.6. The van der Waals surface area contributed by atoms with Gasteiger partial charge in [-0.05, 0) is 161 Å². The minimum atomic E-state index is -0.359. The number of nitrogens with one attached hydrogen (secondary N) is 1. The van der Waals surface area contributed by atoms with E-state index in [0.29, 0.717) is 11.3 Å². The maximum absolute atomic E-state index is 13.7. The zero-order chi connectivity index (χ0) is 59.6. The van der Waals surface area contributed by atoms with Crippen LogP contribution in [0, 0.1) is 19.3 Å². The number of anilines is 1. The Morgan fingerprint density at radius 2 is 1.15 bits per heavy atom. The van der Waals surface area contributed by atoms with Crippen LogP contribution in [0.15, 0.2) is 274 Å². The van der Waals surface area contributed by atoms with E-state index in [4.69, 9.17) is 20.3 Å². The first-order valence-electron chi connectivity index (χ1n) is 29.6. The van der Waals surface area contributed by atoms with Gasteiger partial charge in [0.1, 0.15) is 0 Å². The molecule has 4 aliphatic rings. The van der Waals surface area contributed by atoms with Crippen LogP contribution in [-0.4, -0.2) is 17.7 Å². The number of hydrogen-bond acceptors (Lipinski definition) is 2. The van der Waals surface area contributed by atoms with Gasteiger partial charge in [0.2, 0.25) is 0 Å². The van der Waals surface area contributed by atoms with Crippen molar-refractivity contribution in [2.45, 2.75) is 94.5 Å². The Bertz CT molecular complexity index is 4150. The van der Waals surface area contributed by atoms with Crippen LogP contribution in [0.2, 0.25) is 0 Å². The Morgan fingerprint density at radius 3 is 1.79 bits per heavy atom. The number of benzene rings is 4. The second kappa shape index (κ2) is 27.9. The molecule has 6 aromatic rings. The third-order valence-electron chi connectivity index (χ3n) is 16.2. The molecule has 86 heavy (non-hydrogen) atoms. The van der Waals surface area contributed by atoms with Gasteiger partial charge in [0.05, 0.1) is 11.4 Å². The zero-order valence-electron chi connectivity index (χ0n) is 51.5. The van der Waals surface area contributed by atoms with Crippen LogP contribution in [0.1, 0.15) is 130 Å². The van der Waals surface area contributed by atoms with Gasteiger partial charge in [-0.15, -0.1) is 27.8 Å². The van der Waals surface area contributed by atoms with Crippen molar-refractivity contribution >= 4 is 45.7 Å². The SMILES string of the molecule is CC1=C(/C=C/C(C)=C/C=C/C(C)=C/C=C/C=C(C)/C=C/C=C(C)/C=C/c2ccc(C(=O)Nc3ccc(/C4=c5\cc/c([n-]5)=C(\c5ccc(C)cc5)C5=N/C(=C(/C)c6ccc([n-]6)/C(c6ccc(C)cc6)=C6/C=CC4[N-]6)C=C5)cc3)cc2)C(C)(C)CCC1.[Zn]. The van der Waals surface area contributed by atoms with Crippen LogP contribution in [0.4, 0.5) is 5.69 Å². The summed E-state index contributed by atoms with van der Waals surface area (Å²) in [5.41, 5.74) is 23.7. The molecular weight excluding hydrogens is 1100 g/mol. The maximum Gasteiger partial charge on any atom is 0.255 e. The second-order valence-corrected chi connectivity index (χ2v) is 23.5. The third-order valence-corrected chi connectivity index (χ3v) is 16.2. The van der Waals surface area contributed by atoms with Crippen molar-refractivity contribution in [3.8, 4) is 0 Å². The van der Waals surface area contributed by atoms with Gasteiger partial charge in [-0.3, -0.25) is 4.79 Å². The van der Waals surface area contributed by atoms with Crippen molar-refractivity contribution in [3.63, 3.8) is 0 Å². The summed E-state index contributed by atoms with van der Waals surface area (Å²) < 4.78 is 0. The molecule has 428 valence electrons. The van der Waals surface area contributed by atoms with E-state index in [9.17, 15) is 4.79 Å². The summed E-state index contributed by atoms with van der Waals surface area (Å²) in [6.07, 6.45) is 42.0. The topological polar surface area (TPSA) is 83.8 Å². The molecule has 3 aliphatic heterocycles. The van der Waals surface area contributed by atoms with Gasteiger partial charge in [0, 0.05) is 30.7 Å². The molecule has 6 nitrogen and oxygen atoms in total. The minimum absolute atomic E-state index is 0. The van der Waals surface area contributed by atoms with Crippen LogP contribution in [0.5, 0.6) is 0 Å². The van der Waals surface area contributed by atoms with Crippen molar-refractivity contribution in [2.24, 2.45) is 10.4 Å². The Labute approximate surface area is 522 Å². The molecule has 0 fully saturated rings. The van der Waals surface area contributed by atoms with Crippen molar-refractivity contribution < 1.29 is 24.3 Å². The van der Waals surface area contributed by atoms with E-state index in [0.717, 1.165) is 94.9 Å². The van der Waals surface area contributed by atoms with Gasteiger partial charge < -0.3 is 20.6 Å². The fourth-order valence-corrected chi connectivity index (χ4v) is 11.2. The van der Waals surface area contributed by atoms with Crippen LogP contribution >= 0.6 is 0 Å². The summed E-state index contributed by atoms with van der Waals surface area (Å²) in [6, 6.07) is 40.8. The number of aliphatic imine (C=N–C) groups is 1. The van der Waals surface area contributed by atoms with Gasteiger partial charge >= 0.3 is 0 Å². The van der Waals surface area contributed by atoms with Gasteiger partial charge in [0.25, 0.3) is 5.91 Å². The first kappa shape index (κ1) is 61.7. The van der Waals surface area contributed by atoms with E-state index >= 15 is 0 Å². The van der Waals surface area contributed by atoms with E-state index in [2.05, 4.69) is 257 Å². The Hall–Kier alpha value is -8.90. The molecule has 1 amide bonds. The first-order valence-corrected chi connectivity index (χ1v) is 29.6. The van der Waals surface area contributed by atoms with Crippen LogP contribution in [0.25, 0.3) is 33.7 Å². The molecule has 1 N–H and O–H groups in total. The molecule has 8 bridgehead atoms. The fourth-order valence-electron chi connectivity index (χ4n) is 11.2. The van der Waals surface area contributed by atoms with Gasteiger partial charge in [0.15, 0.2) is 0 Å². The van der Waals surface area contributed by atoms with E-state index in [1.54, 1.807) is 0 Å². The number of fused-ring (bicyclic) bond motifs is 7. The van der Waals surface area contributed by atoms with Crippen LogP contribution in [-0.2, 0) is 19.5 Å². The van der Waals surface area contributed by atoms with Crippen molar-refractivity contribution in [1.29, 1.82) is 0 Å². The maximum atomic E-state index is 13.7. The molecule has 0 radical (unpaired) electrons. The molecule has 1 atom stereocenters. The summed E-state index contributed by atoms with van der Waals surface area (Å²) in [7, 11) is 0. The number of aromatic nitrogens is 2. The number of hydrogen-bond donors (Lipinski definition) is 1. The van der Waals surface area contributed by atoms with Crippen molar-refractivity contribution in [1.82, 2.24) is 9.97 Å². The smallest absolute Gasteiger partial charge is 0.255 e. The average molecular weight is 1180 g/mol. The number of carbonyl (C=O) groups is 1. The molecule has 5 heterocycles. The Balaban J connectivity index is 0.00000884. The van der Waals surface area contributed by atoms with E-state index in [1.165, 1.54) is 52.7 Å². The van der Waals surface area contributed by atoms with Gasteiger partial charge in [-0.25, -0.2) is 4.99 Å². The van der Waals surface area contributed by atoms with Crippen molar-refractivity contribution in [3.05, 3.63) is 336 Å². The van der Waals surface area contributed by atoms with E-state index < -0.39 is 0 Å². The summed E-state index contributed by atoms with van der Waals surface area (Å²) in [5.74, 6) is -0.188. The molecule has 0 saturated carbocycles. The molecule has 2 aromatic heterocycles. The Morgan fingerprint density at radius 1 is 0.581 bits per heavy atom.